The molecule has 0 saturated heterocycles. The third kappa shape index (κ3) is 4.29. The predicted octanol–water partition coefficient (Wildman–Crippen LogP) is 3.82. The fourth-order valence-corrected chi connectivity index (χ4v) is 3.52. The van der Waals surface area contributed by atoms with Gasteiger partial charge in [0.05, 0.1) is 18.0 Å². The molecule has 1 aliphatic rings. The van der Waals surface area contributed by atoms with E-state index in [4.69, 9.17) is 4.74 Å². The second kappa shape index (κ2) is 8.43. The summed E-state index contributed by atoms with van der Waals surface area (Å²) < 4.78 is 5.83. The van der Waals surface area contributed by atoms with E-state index in [1.54, 1.807) is 6.33 Å². The average molecular weight is 390 g/mol. The van der Waals surface area contributed by atoms with Crippen LogP contribution < -0.4 is 15.4 Å². The lowest BCUT2D eigenvalue weighted by Crippen LogP contribution is -2.12. The highest BCUT2D eigenvalue weighted by Crippen LogP contribution is 2.34. The number of fused-ring (bicyclic) bond motifs is 1. The molecular weight excluding hydrogens is 364 g/mol. The first-order valence-corrected chi connectivity index (χ1v) is 10.0. The molecule has 1 aliphatic heterocycles. The van der Waals surface area contributed by atoms with Crippen LogP contribution in [0.5, 0.6) is 5.75 Å². The highest BCUT2D eigenvalue weighted by Gasteiger charge is 2.22. The van der Waals surface area contributed by atoms with Crippen LogP contribution in [0.4, 0.5) is 11.6 Å². The van der Waals surface area contributed by atoms with Gasteiger partial charge >= 0.3 is 0 Å². The van der Waals surface area contributed by atoms with Gasteiger partial charge in [0, 0.05) is 54.5 Å². The van der Waals surface area contributed by atoms with Gasteiger partial charge < -0.3 is 15.4 Å². The van der Waals surface area contributed by atoms with Gasteiger partial charge in [-0.15, -0.1) is 0 Å². The summed E-state index contributed by atoms with van der Waals surface area (Å²) in [5, 5.41) is 6.63. The van der Waals surface area contributed by atoms with Crippen LogP contribution in [0, 0.1) is 6.92 Å². The Bertz CT molecular complexity index is 989. The van der Waals surface area contributed by atoms with Crippen molar-refractivity contribution >= 4 is 11.6 Å². The Kier molecular flexibility index (Phi) is 5.55. The highest BCUT2D eigenvalue weighted by atomic mass is 16.5. The third-order valence-electron chi connectivity index (χ3n) is 4.99. The van der Waals surface area contributed by atoms with Crippen molar-refractivity contribution in [2.45, 2.75) is 33.1 Å². The zero-order valence-electron chi connectivity index (χ0n) is 17.1. The summed E-state index contributed by atoms with van der Waals surface area (Å²) in [6, 6.07) is 8.05. The molecule has 0 fully saturated rings. The van der Waals surface area contributed by atoms with E-state index in [1.807, 2.05) is 38.2 Å². The number of nitrogens with one attached hydrogen (secondary N) is 2. The van der Waals surface area contributed by atoms with Crippen LogP contribution >= 0.6 is 0 Å². The van der Waals surface area contributed by atoms with Gasteiger partial charge in [0.2, 0.25) is 0 Å². The largest absolute Gasteiger partial charge is 0.491 e. The van der Waals surface area contributed by atoms with Crippen LogP contribution in [-0.4, -0.2) is 39.6 Å². The molecule has 150 valence electrons. The Morgan fingerprint density at radius 3 is 2.79 bits per heavy atom. The van der Waals surface area contributed by atoms with Crippen LogP contribution in [-0.2, 0) is 6.42 Å². The van der Waals surface area contributed by atoms with Crippen molar-refractivity contribution in [3.05, 3.63) is 53.7 Å². The molecule has 4 heterocycles. The maximum absolute atomic E-state index is 5.83. The molecule has 0 bridgehead atoms. The van der Waals surface area contributed by atoms with E-state index >= 15 is 0 Å². The first kappa shape index (κ1) is 19.1. The fourth-order valence-electron chi connectivity index (χ4n) is 3.52. The molecule has 3 aromatic heterocycles. The predicted molar refractivity (Wildman–Crippen MR) is 115 cm³/mol. The number of hydrogen-bond acceptors (Lipinski definition) is 7. The maximum Gasteiger partial charge on any atom is 0.144 e. The fraction of sp³-hybridized carbons (Fsp3) is 0.364. The molecular formula is C22H26N6O. The second-order valence-corrected chi connectivity index (χ2v) is 7.26. The van der Waals surface area contributed by atoms with E-state index in [1.165, 1.54) is 5.56 Å². The monoisotopic (exact) mass is 390 g/mol. The molecule has 0 radical (unpaired) electrons. The zero-order valence-corrected chi connectivity index (χ0v) is 17.1. The first-order valence-electron chi connectivity index (χ1n) is 10.0. The van der Waals surface area contributed by atoms with Gasteiger partial charge in [-0.05, 0) is 32.0 Å². The number of hydrogen-bond donors (Lipinski definition) is 2. The van der Waals surface area contributed by atoms with Crippen molar-refractivity contribution in [2.24, 2.45) is 0 Å². The maximum atomic E-state index is 5.83. The molecule has 3 aromatic rings. The Morgan fingerprint density at radius 2 is 2.00 bits per heavy atom. The Balaban J connectivity index is 1.46. The quantitative estimate of drug-likeness (QED) is 0.634. The lowest BCUT2D eigenvalue weighted by Gasteiger charge is -2.17. The molecule has 0 spiro atoms. The molecule has 0 aliphatic carbocycles. The minimum atomic E-state index is 0.267. The van der Waals surface area contributed by atoms with Gasteiger partial charge in [0.25, 0.3) is 0 Å². The molecule has 7 nitrogen and oxygen atoms in total. The highest BCUT2D eigenvalue weighted by molar-refractivity contribution is 5.62. The van der Waals surface area contributed by atoms with Crippen molar-refractivity contribution in [2.75, 3.05) is 30.3 Å². The number of nitrogens with zero attached hydrogens (tertiary/aromatic N) is 4. The number of pyridine rings is 2. The van der Waals surface area contributed by atoms with Crippen LogP contribution in [0.15, 0.2) is 36.8 Å². The molecule has 7 heteroatoms. The van der Waals surface area contributed by atoms with Crippen LogP contribution in [0.2, 0.25) is 0 Å². The van der Waals surface area contributed by atoms with Gasteiger partial charge in [-0.2, -0.15) is 0 Å². The van der Waals surface area contributed by atoms with Crippen molar-refractivity contribution in [1.82, 2.24) is 19.9 Å². The zero-order chi connectivity index (χ0) is 20.2. The number of aromatic nitrogens is 4. The standard InChI is InChI=1S/C22H26N6O/c1-4-23-20-6-5-16(12-25-20)19-10-21(27-13-26-19)24-11-14(2)17-9-15(3)28-18-7-8-29-22(17)18/h5-6,9-10,12-14H,4,7-8,11H2,1-3H3,(H,23,25)(H,24,26,27)/t14-/m1/s1. The van der Waals surface area contributed by atoms with E-state index in [0.29, 0.717) is 0 Å². The Morgan fingerprint density at radius 1 is 1.10 bits per heavy atom. The van der Waals surface area contributed by atoms with E-state index < -0.39 is 0 Å². The summed E-state index contributed by atoms with van der Waals surface area (Å²) in [6.45, 7) is 8.58. The number of rotatable bonds is 7. The van der Waals surface area contributed by atoms with Gasteiger partial charge in [0.15, 0.2) is 0 Å². The lowest BCUT2D eigenvalue weighted by molar-refractivity contribution is 0.352. The topological polar surface area (TPSA) is 84.9 Å². The summed E-state index contributed by atoms with van der Waals surface area (Å²) in [6.07, 6.45) is 4.30. The Hall–Kier alpha value is -3.22. The molecule has 0 amide bonds. The molecule has 2 N–H and O–H groups in total. The van der Waals surface area contributed by atoms with Crippen molar-refractivity contribution in [3.63, 3.8) is 0 Å². The van der Waals surface area contributed by atoms with Crippen molar-refractivity contribution < 1.29 is 4.74 Å². The molecule has 0 aromatic carbocycles. The van der Waals surface area contributed by atoms with Crippen molar-refractivity contribution in [1.29, 1.82) is 0 Å². The molecule has 1 atom stereocenters. The van der Waals surface area contributed by atoms with Gasteiger partial charge in [0.1, 0.15) is 23.7 Å². The summed E-state index contributed by atoms with van der Waals surface area (Å²) in [4.78, 5) is 17.8. The Labute approximate surface area is 171 Å². The van der Waals surface area contributed by atoms with E-state index in [0.717, 1.165) is 66.1 Å². The average Bonchev–Trinajstić information content (AvgIpc) is 3.21. The third-order valence-corrected chi connectivity index (χ3v) is 4.99. The van der Waals surface area contributed by atoms with Crippen LogP contribution in [0.1, 0.15) is 36.7 Å². The van der Waals surface area contributed by atoms with Gasteiger partial charge in [-0.1, -0.05) is 6.92 Å². The number of aryl methyl sites for hydroxylation is 1. The SMILES string of the molecule is CCNc1ccc(-c2cc(NC[C@@H](C)c3cc(C)nc4c3OCC4)ncn2)cn1. The van der Waals surface area contributed by atoms with E-state index in [-0.39, 0.29) is 5.92 Å². The number of ether oxygens (including phenoxy) is 1. The second-order valence-electron chi connectivity index (χ2n) is 7.26. The number of anilines is 2. The van der Waals surface area contributed by atoms with Crippen molar-refractivity contribution in [3.8, 4) is 17.0 Å². The molecule has 29 heavy (non-hydrogen) atoms. The van der Waals surface area contributed by atoms with Crippen LogP contribution in [0.25, 0.3) is 11.3 Å². The summed E-state index contributed by atoms with van der Waals surface area (Å²) >= 11 is 0. The lowest BCUT2D eigenvalue weighted by atomic mass is 9.99. The van der Waals surface area contributed by atoms with E-state index in [9.17, 15) is 0 Å². The normalized spacial score (nSPS) is 13.5. The first-order chi connectivity index (χ1) is 14.1. The summed E-state index contributed by atoms with van der Waals surface area (Å²) in [7, 11) is 0. The summed E-state index contributed by atoms with van der Waals surface area (Å²) in [5.74, 6) is 2.88. The molecule has 0 saturated carbocycles. The molecule has 0 unspecified atom stereocenters. The van der Waals surface area contributed by atoms with Crippen LogP contribution in [0.3, 0.4) is 0 Å². The summed E-state index contributed by atoms with van der Waals surface area (Å²) in [5.41, 5.74) is 5.12. The van der Waals surface area contributed by atoms with Gasteiger partial charge in [-0.3, -0.25) is 4.98 Å². The molecule has 4 rings (SSSR count). The minimum absolute atomic E-state index is 0.267. The van der Waals surface area contributed by atoms with E-state index in [2.05, 4.69) is 43.6 Å². The smallest absolute Gasteiger partial charge is 0.144 e. The minimum Gasteiger partial charge on any atom is -0.491 e. The van der Waals surface area contributed by atoms with Gasteiger partial charge in [-0.25, -0.2) is 15.0 Å².